The van der Waals surface area contributed by atoms with E-state index in [-0.39, 0.29) is 26.0 Å². The van der Waals surface area contributed by atoms with Crippen molar-refractivity contribution in [1.82, 2.24) is 4.72 Å². The van der Waals surface area contributed by atoms with Crippen LogP contribution >= 0.6 is 27.5 Å². The Morgan fingerprint density at radius 2 is 1.95 bits per heavy atom. The lowest BCUT2D eigenvalue weighted by atomic mass is 10.1. The van der Waals surface area contributed by atoms with E-state index in [0.717, 1.165) is 6.07 Å². The van der Waals surface area contributed by atoms with Crippen LogP contribution in [0.25, 0.3) is 0 Å². The highest BCUT2D eigenvalue weighted by molar-refractivity contribution is 9.10. The van der Waals surface area contributed by atoms with Crippen molar-refractivity contribution in [2.75, 3.05) is 0 Å². The molecule has 0 heterocycles. The van der Waals surface area contributed by atoms with E-state index in [1.165, 1.54) is 6.07 Å². The van der Waals surface area contributed by atoms with Gasteiger partial charge in [0.05, 0.1) is 15.5 Å². The molecule has 0 aliphatic rings. The smallest absolute Gasteiger partial charge is 0.337 e. The minimum absolute atomic E-state index is 0.0309. The van der Waals surface area contributed by atoms with Gasteiger partial charge in [-0.3, -0.25) is 0 Å². The minimum Gasteiger partial charge on any atom is -0.478 e. The lowest BCUT2D eigenvalue weighted by Crippen LogP contribution is -2.33. The lowest BCUT2D eigenvalue weighted by molar-refractivity contribution is 0.0696. The van der Waals surface area contributed by atoms with Crippen molar-refractivity contribution in [1.29, 1.82) is 0 Å². The number of rotatable bonds is 6. The number of carbonyl (C=O) groups is 1. The van der Waals surface area contributed by atoms with E-state index in [1.807, 2.05) is 13.8 Å². The summed E-state index contributed by atoms with van der Waals surface area (Å²) in [5.41, 5.74) is -0.261. The maximum atomic E-state index is 12.3. The summed E-state index contributed by atoms with van der Waals surface area (Å²) in [7, 11) is -3.80. The molecule has 0 saturated heterocycles. The molecule has 0 bridgehead atoms. The summed E-state index contributed by atoms with van der Waals surface area (Å²) in [6.45, 7) is 5.75. The van der Waals surface area contributed by atoms with Gasteiger partial charge in [-0.2, -0.15) is 0 Å². The third-order valence-electron chi connectivity index (χ3n) is 2.72. The van der Waals surface area contributed by atoms with Crippen molar-refractivity contribution in [3.63, 3.8) is 0 Å². The first-order valence-corrected chi connectivity index (χ1v) is 8.94. The van der Waals surface area contributed by atoms with Gasteiger partial charge in [0.25, 0.3) is 0 Å². The van der Waals surface area contributed by atoms with Gasteiger partial charge in [-0.15, -0.1) is 0 Å². The summed E-state index contributed by atoms with van der Waals surface area (Å²) >= 11 is 8.92. The number of nitrogens with one attached hydrogen (secondary N) is 1. The van der Waals surface area contributed by atoms with Gasteiger partial charge in [0.2, 0.25) is 10.0 Å². The molecular formula is C13H17BrClNO4S. The molecule has 1 atom stereocenters. The molecule has 0 radical (unpaired) electrons. The van der Waals surface area contributed by atoms with Crippen molar-refractivity contribution < 1.29 is 18.3 Å². The normalized spacial score (nSPS) is 13.4. The Hall–Kier alpha value is -0.630. The molecule has 5 nitrogen and oxygen atoms in total. The molecule has 0 amide bonds. The van der Waals surface area contributed by atoms with E-state index in [9.17, 15) is 13.2 Å². The summed E-state index contributed by atoms with van der Waals surface area (Å²) in [4.78, 5) is 11.0. The SMILES string of the molecule is CC(C)CC(C)NS(=O)(=O)c1cc(Br)c(Cl)c(C(=O)O)c1. The van der Waals surface area contributed by atoms with E-state index in [4.69, 9.17) is 16.7 Å². The molecule has 1 aromatic rings. The van der Waals surface area contributed by atoms with Crippen molar-refractivity contribution in [3.8, 4) is 0 Å². The number of halogens is 2. The zero-order valence-corrected chi connectivity index (χ0v) is 15.0. The van der Waals surface area contributed by atoms with Crippen molar-refractivity contribution in [2.24, 2.45) is 5.92 Å². The van der Waals surface area contributed by atoms with Crippen molar-refractivity contribution in [3.05, 3.63) is 27.2 Å². The van der Waals surface area contributed by atoms with Crippen LogP contribution in [0, 0.1) is 5.92 Å². The first-order valence-electron chi connectivity index (χ1n) is 6.29. The second kappa shape index (κ2) is 7.09. The van der Waals surface area contributed by atoms with Gasteiger partial charge in [-0.05, 0) is 47.3 Å². The van der Waals surface area contributed by atoms with Crippen molar-refractivity contribution in [2.45, 2.75) is 38.1 Å². The Bertz CT molecular complexity index is 646. The topological polar surface area (TPSA) is 83.5 Å². The Morgan fingerprint density at radius 1 is 1.38 bits per heavy atom. The number of hydrogen-bond acceptors (Lipinski definition) is 3. The molecule has 1 rings (SSSR count). The van der Waals surface area contributed by atoms with E-state index >= 15 is 0 Å². The molecule has 21 heavy (non-hydrogen) atoms. The van der Waals surface area contributed by atoms with Gasteiger partial charge in [0.1, 0.15) is 0 Å². The monoisotopic (exact) mass is 397 g/mol. The molecule has 0 spiro atoms. The van der Waals surface area contributed by atoms with Crippen LogP contribution in [-0.2, 0) is 10.0 Å². The fourth-order valence-corrected chi connectivity index (χ4v) is 4.07. The molecule has 0 aliphatic carbocycles. The third kappa shape index (κ3) is 4.95. The first kappa shape index (κ1) is 18.4. The fraction of sp³-hybridized carbons (Fsp3) is 0.462. The van der Waals surface area contributed by atoms with Gasteiger partial charge >= 0.3 is 5.97 Å². The fourth-order valence-electron chi connectivity index (χ4n) is 1.96. The predicted octanol–water partition coefficient (Wildman–Crippen LogP) is 3.51. The number of sulfonamides is 1. The Balaban J connectivity index is 3.17. The molecular weight excluding hydrogens is 382 g/mol. The van der Waals surface area contributed by atoms with E-state index in [2.05, 4.69) is 20.7 Å². The van der Waals surface area contributed by atoms with Crippen LogP contribution in [0.2, 0.25) is 5.02 Å². The van der Waals surface area contributed by atoms with Gasteiger partial charge in [-0.1, -0.05) is 25.4 Å². The van der Waals surface area contributed by atoms with Gasteiger partial charge in [0, 0.05) is 10.5 Å². The quantitative estimate of drug-likeness (QED) is 0.768. The lowest BCUT2D eigenvalue weighted by Gasteiger charge is -2.16. The summed E-state index contributed by atoms with van der Waals surface area (Å²) < 4.78 is 27.3. The molecule has 0 fully saturated rings. The molecule has 118 valence electrons. The molecule has 2 N–H and O–H groups in total. The van der Waals surface area contributed by atoms with Crippen LogP contribution in [-0.4, -0.2) is 25.5 Å². The number of carboxylic acids is 1. The molecule has 0 aliphatic heterocycles. The molecule has 0 saturated carbocycles. The number of benzene rings is 1. The zero-order valence-electron chi connectivity index (χ0n) is 11.9. The molecule has 1 aromatic carbocycles. The summed E-state index contributed by atoms with van der Waals surface area (Å²) in [6.07, 6.45) is 0.680. The highest BCUT2D eigenvalue weighted by Crippen LogP contribution is 2.30. The molecule has 8 heteroatoms. The Kier molecular flexibility index (Phi) is 6.22. The van der Waals surface area contributed by atoms with Crippen molar-refractivity contribution >= 4 is 43.5 Å². The third-order valence-corrected chi connectivity index (χ3v) is 5.55. The Morgan fingerprint density at radius 3 is 2.43 bits per heavy atom. The predicted molar refractivity (Wildman–Crippen MR) is 85.3 cm³/mol. The van der Waals surface area contributed by atoms with Crippen LogP contribution in [0.5, 0.6) is 0 Å². The summed E-state index contributed by atoms with van der Waals surface area (Å²) in [6, 6.07) is 2.09. The van der Waals surface area contributed by atoms with Crippen LogP contribution in [0.15, 0.2) is 21.5 Å². The highest BCUT2D eigenvalue weighted by atomic mass is 79.9. The van der Waals surface area contributed by atoms with Gasteiger partial charge < -0.3 is 5.11 Å². The van der Waals surface area contributed by atoms with E-state index < -0.39 is 16.0 Å². The van der Waals surface area contributed by atoms with E-state index in [0.29, 0.717) is 12.3 Å². The maximum absolute atomic E-state index is 12.3. The highest BCUT2D eigenvalue weighted by Gasteiger charge is 2.22. The van der Waals surface area contributed by atoms with Crippen LogP contribution in [0.4, 0.5) is 0 Å². The first-order chi connectivity index (χ1) is 9.54. The number of hydrogen-bond donors (Lipinski definition) is 2. The maximum Gasteiger partial charge on any atom is 0.337 e. The van der Waals surface area contributed by atoms with Gasteiger partial charge in [0.15, 0.2) is 0 Å². The summed E-state index contributed by atoms with van der Waals surface area (Å²) in [5, 5.41) is 9.03. The average molecular weight is 399 g/mol. The average Bonchev–Trinajstić information content (AvgIpc) is 2.29. The zero-order chi connectivity index (χ0) is 16.4. The van der Waals surface area contributed by atoms with Gasteiger partial charge in [-0.25, -0.2) is 17.9 Å². The molecule has 1 unspecified atom stereocenters. The summed E-state index contributed by atoms with van der Waals surface area (Å²) in [5.74, 6) is -0.942. The van der Waals surface area contributed by atoms with E-state index in [1.54, 1.807) is 6.92 Å². The van der Waals surface area contributed by atoms with Crippen LogP contribution in [0.1, 0.15) is 37.6 Å². The largest absolute Gasteiger partial charge is 0.478 e. The number of aromatic carboxylic acids is 1. The Labute approximate surface area is 137 Å². The standard InChI is InChI=1S/C13H17BrClNO4S/c1-7(2)4-8(3)16-21(19,20)9-5-10(13(17)18)12(15)11(14)6-9/h5-8,16H,4H2,1-3H3,(H,17,18). The minimum atomic E-state index is -3.80. The second-order valence-corrected chi connectivity index (χ2v) is 8.17. The van der Waals surface area contributed by atoms with Crippen LogP contribution in [0.3, 0.4) is 0 Å². The van der Waals surface area contributed by atoms with Crippen LogP contribution < -0.4 is 4.72 Å². The second-order valence-electron chi connectivity index (χ2n) is 5.22. The number of carboxylic acid groups (broad SMARTS) is 1. The molecule has 0 aromatic heterocycles.